The number of aliphatic hydroxyl groups excluding tert-OH is 1. The number of likely N-dealkylation sites (N-methyl/N-ethyl adjacent to an activating group) is 1. The third kappa shape index (κ3) is 4.40. The van der Waals surface area contributed by atoms with Gasteiger partial charge >= 0.3 is 0 Å². The summed E-state index contributed by atoms with van der Waals surface area (Å²) in [6, 6.07) is 11.3. The van der Waals surface area contributed by atoms with Crippen molar-refractivity contribution in [3.05, 3.63) is 76.1 Å². The summed E-state index contributed by atoms with van der Waals surface area (Å²) < 4.78 is 13.3. The first-order chi connectivity index (χ1) is 14.4. The SMILES string of the molecule is CC[NH+](CC)CCN1C(=O)C(=O)C(=C(O)c2ccc(F)cc2)[C@H]1c1ccc(Cl)cc1. The molecular formula is C23H25ClFN2O3+. The number of halogens is 2. The Bertz CT molecular complexity index is 953. The maximum absolute atomic E-state index is 13.3. The predicted octanol–water partition coefficient (Wildman–Crippen LogP) is 2.83. The maximum Gasteiger partial charge on any atom is 0.295 e. The highest BCUT2D eigenvalue weighted by Crippen LogP contribution is 2.39. The number of ketones is 1. The van der Waals surface area contributed by atoms with Gasteiger partial charge in [-0.05, 0) is 55.8 Å². The smallest absolute Gasteiger partial charge is 0.295 e. The third-order valence-electron chi connectivity index (χ3n) is 5.55. The molecule has 1 aliphatic rings. The van der Waals surface area contributed by atoms with Crippen LogP contribution in [0.25, 0.3) is 5.76 Å². The average Bonchev–Trinajstić information content (AvgIpc) is 3.00. The Hall–Kier alpha value is -2.70. The first-order valence-corrected chi connectivity index (χ1v) is 10.4. The molecule has 0 radical (unpaired) electrons. The molecule has 1 fully saturated rings. The van der Waals surface area contributed by atoms with Gasteiger partial charge in [0.05, 0.1) is 37.8 Å². The molecule has 2 N–H and O–H groups in total. The number of aliphatic hydroxyl groups is 1. The Kier molecular flexibility index (Phi) is 6.90. The Morgan fingerprint density at radius 3 is 2.23 bits per heavy atom. The highest BCUT2D eigenvalue weighted by molar-refractivity contribution is 6.46. The minimum absolute atomic E-state index is 0.00322. The third-order valence-corrected chi connectivity index (χ3v) is 5.80. The first-order valence-electron chi connectivity index (χ1n) is 10.0. The molecule has 0 spiro atoms. The molecular weight excluding hydrogens is 407 g/mol. The predicted molar refractivity (Wildman–Crippen MR) is 114 cm³/mol. The van der Waals surface area contributed by atoms with Gasteiger partial charge in [0.2, 0.25) is 0 Å². The van der Waals surface area contributed by atoms with Crippen molar-refractivity contribution < 1.29 is 24.0 Å². The van der Waals surface area contributed by atoms with Crippen molar-refractivity contribution in [1.82, 2.24) is 4.90 Å². The number of nitrogens with one attached hydrogen (secondary N) is 1. The second kappa shape index (κ2) is 9.41. The highest BCUT2D eigenvalue weighted by Gasteiger charge is 2.46. The molecule has 30 heavy (non-hydrogen) atoms. The van der Waals surface area contributed by atoms with E-state index in [1.54, 1.807) is 24.3 Å². The Balaban J connectivity index is 2.08. The van der Waals surface area contributed by atoms with Gasteiger partial charge in [-0.3, -0.25) is 9.59 Å². The van der Waals surface area contributed by atoms with Gasteiger partial charge in [-0.25, -0.2) is 4.39 Å². The minimum Gasteiger partial charge on any atom is -0.507 e. The number of likely N-dealkylation sites (tertiary alicyclic amines) is 1. The first kappa shape index (κ1) is 22.0. The van der Waals surface area contributed by atoms with E-state index < -0.39 is 23.5 Å². The molecule has 1 heterocycles. The molecule has 1 amide bonds. The van der Waals surface area contributed by atoms with E-state index in [0.717, 1.165) is 13.1 Å². The van der Waals surface area contributed by atoms with Gasteiger partial charge in [0, 0.05) is 10.6 Å². The zero-order valence-electron chi connectivity index (χ0n) is 17.0. The van der Waals surface area contributed by atoms with Crippen molar-refractivity contribution >= 4 is 29.1 Å². The van der Waals surface area contributed by atoms with Gasteiger partial charge in [0.25, 0.3) is 11.7 Å². The number of Topliss-reactive ketones (excluding diaryl/α,β-unsaturated/α-hetero) is 1. The molecule has 2 aromatic carbocycles. The lowest BCUT2D eigenvalue weighted by molar-refractivity contribution is -0.895. The standard InChI is InChI=1S/C23H24ClFN2O3/c1-3-26(4-2)13-14-27-20(15-5-9-17(24)10-6-15)19(22(29)23(27)30)21(28)16-7-11-18(25)12-8-16/h5-12,20,28H,3-4,13-14H2,1-2H3/p+1/t20-/m1/s1. The normalized spacial score (nSPS) is 18.4. The van der Waals surface area contributed by atoms with Crippen LogP contribution in [0.15, 0.2) is 54.1 Å². The topological polar surface area (TPSA) is 62.0 Å². The number of carbonyl (C=O) groups excluding carboxylic acids is 2. The van der Waals surface area contributed by atoms with Crippen LogP contribution < -0.4 is 4.90 Å². The van der Waals surface area contributed by atoms with E-state index in [4.69, 9.17) is 11.6 Å². The second-order valence-corrected chi connectivity index (χ2v) is 7.69. The van der Waals surface area contributed by atoms with Crippen molar-refractivity contribution in [2.75, 3.05) is 26.2 Å². The van der Waals surface area contributed by atoms with Crippen molar-refractivity contribution in [1.29, 1.82) is 0 Å². The monoisotopic (exact) mass is 431 g/mol. The molecule has 0 aromatic heterocycles. The fourth-order valence-electron chi connectivity index (χ4n) is 3.75. The summed E-state index contributed by atoms with van der Waals surface area (Å²) in [5.74, 6) is -2.16. The molecule has 0 aliphatic carbocycles. The molecule has 1 aliphatic heterocycles. The minimum atomic E-state index is -0.744. The fraction of sp³-hybridized carbons (Fsp3) is 0.304. The summed E-state index contributed by atoms with van der Waals surface area (Å²) in [5, 5.41) is 11.4. The maximum atomic E-state index is 13.3. The van der Waals surface area contributed by atoms with E-state index in [2.05, 4.69) is 13.8 Å². The summed E-state index contributed by atoms with van der Waals surface area (Å²) in [7, 11) is 0. The van der Waals surface area contributed by atoms with Crippen LogP contribution >= 0.6 is 11.6 Å². The largest absolute Gasteiger partial charge is 0.507 e. The lowest BCUT2D eigenvalue weighted by Gasteiger charge is -2.27. The van der Waals surface area contributed by atoms with Crippen LogP contribution in [-0.4, -0.2) is 47.9 Å². The van der Waals surface area contributed by atoms with Gasteiger partial charge in [-0.15, -0.1) is 0 Å². The van der Waals surface area contributed by atoms with E-state index in [1.165, 1.54) is 34.1 Å². The van der Waals surface area contributed by atoms with Crippen LogP contribution in [0, 0.1) is 5.82 Å². The molecule has 158 valence electrons. The van der Waals surface area contributed by atoms with Gasteiger partial charge in [0.15, 0.2) is 0 Å². The number of rotatable bonds is 7. The average molecular weight is 432 g/mol. The molecule has 0 unspecified atom stereocenters. The van der Waals surface area contributed by atoms with E-state index in [-0.39, 0.29) is 16.9 Å². The van der Waals surface area contributed by atoms with Crippen molar-refractivity contribution in [2.45, 2.75) is 19.9 Å². The molecule has 1 atom stereocenters. The van der Waals surface area contributed by atoms with E-state index in [1.807, 2.05) is 0 Å². The fourth-order valence-corrected chi connectivity index (χ4v) is 3.87. The summed E-state index contributed by atoms with van der Waals surface area (Å²) >= 11 is 6.01. The quantitative estimate of drug-likeness (QED) is 0.402. The number of quaternary nitrogens is 1. The number of benzene rings is 2. The summed E-state index contributed by atoms with van der Waals surface area (Å²) in [6.07, 6.45) is 0. The lowest BCUT2D eigenvalue weighted by Crippen LogP contribution is -3.12. The molecule has 5 nitrogen and oxygen atoms in total. The summed E-state index contributed by atoms with van der Waals surface area (Å²) in [6.45, 7) is 7.00. The van der Waals surface area contributed by atoms with Crippen LogP contribution in [-0.2, 0) is 9.59 Å². The van der Waals surface area contributed by atoms with E-state index in [0.29, 0.717) is 23.7 Å². The van der Waals surface area contributed by atoms with Gasteiger partial charge < -0.3 is 14.9 Å². The van der Waals surface area contributed by atoms with Gasteiger partial charge in [-0.1, -0.05) is 23.7 Å². The lowest BCUT2D eigenvalue weighted by atomic mass is 9.95. The van der Waals surface area contributed by atoms with Crippen LogP contribution in [0.2, 0.25) is 5.02 Å². The molecule has 3 rings (SSSR count). The number of hydrogen-bond donors (Lipinski definition) is 2. The van der Waals surface area contributed by atoms with Crippen LogP contribution in [0.3, 0.4) is 0 Å². The Morgan fingerprint density at radius 1 is 1.07 bits per heavy atom. The number of nitrogens with zero attached hydrogens (tertiary/aromatic N) is 1. The summed E-state index contributed by atoms with van der Waals surface area (Å²) in [5.41, 5.74) is 0.961. The molecule has 0 saturated carbocycles. The molecule has 0 bridgehead atoms. The number of amides is 1. The van der Waals surface area contributed by atoms with Crippen molar-refractivity contribution in [2.24, 2.45) is 0 Å². The molecule has 7 heteroatoms. The van der Waals surface area contributed by atoms with Crippen molar-refractivity contribution in [3.63, 3.8) is 0 Å². The molecule has 2 aromatic rings. The summed E-state index contributed by atoms with van der Waals surface area (Å²) in [4.78, 5) is 28.6. The van der Waals surface area contributed by atoms with Crippen LogP contribution in [0.4, 0.5) is 4.39 Å². The van der Waals surface area contributed by atoms with Gasteiger partial charge in [0.1, 0.15) is 11.6 Å². The highest BCUT2D eigenvalue weighted by atomic mass is 35.5. The van der Waals surface area contributed by atoms with Gasteiger partial charge in [-0.2, -0.15) is 0 Å². The Labute approximate surface area is 180 Å². The zero-order valence-corrected chi connectivity index (χ0v) is 17.7. The second-order valence-electron chi connectivity index (χ2n) is 7.26. The van der Waals surface area contributed by atoms with E-state index >= 15 is 0 Å². The Morgan fingerprint density at radius 2 is 1.67 bits per heavy atom. The van der Waals surface area contributed by atoms with Crippen LogP contribution in [0.1, 0.15) is 31.0 Å². The van der Waals surface area contributed by atoms with E-state index in [9.17, 15) is 19.1 Å². The number of carbonyl (C=O) groups is 2. The molecule has 1 saturated heterocycles. The number of hydrogen-bond acceptors (Lipinski definition) is 3. The van der Waals surface area contributed by atoms with Crippen molar-refractivity contribution in [3.8, 4) is 0 Å². The zero-order chi connectivity index (χ0) is 21.8. The van der Waals surface area contributed by atoms with Crippen LogP contribution in [0.5, 0.6) is 0 Å².